The van der Waals surface area contributed by atoms with E-state index in [0.717, 1.165) is 31.3 Å². The Hall–Kier alpha value is -3.17. The van der Waals surface area contributed by atoms with Crippen LogP contribution in [-0.2, 0) is 20.1 Å². The molecule has 0 atom stereocenters. The van der Waals surface area contributed by atoms with Gasteiger partial charge in [0.05, 0.1) is 2.74 Å². The predicted molar refractivity (Wildman–Crippen MR) is 164 cm³/mol. The SMILES string of the molecule is C=C(/C=C\C(=[N-])c1[c-]cccc1)C1CCCCC1.[2H]c1c(C([2H])([2H])[2H])cnc(-c2[c-]ccc3c2sc2ccccc23)c1[2H].[Ir+3]. The van der Waals surface area contributed by atoms with Crippen LogP contribution in [0.2, 0.25) is 0 Å². The topological polar surface area (TPSA) is 35.2 Å². The number of hydrogen-bond acceptors (Lipinski definition) is 2. The summed E-state index contributed by atoms with van der Waals surface area (Å²) in [6, 6.07) is 24.8. The molecule has 5 aromatic rings. The first kappa shape index (κ1) is 22.6. The van der Waals surface area contributed by atoms with E-state index in [1.807, 2.05) is 54.6 Å². The predicted octanol–water partition coefficient (Wildman–Crippen LogP) is 9.76. The molecule has 1 saturated carbocycles. The third-order valence-corrected chi connectivity index (χ3v) is 7.99. The summed E-state index contributed by atoms with van der Waals surface area (Å²) in [4.78, 5) is 4.20. The van der Waals surface area contributed by atoms with Crippen LogP contribution in [0.5, 0.6) is 0 Å². The molecule has 0 aliphatic heterocycles. The third kappa shape index (κ3) is 7.08. The molecule has 4 heteroatoms. The van der Waals surface area contributed by atoms with Crippen molar-refractivity contribution < 1.29 is 27.0 Å². The summed E-state index contributed by atoms with van der Waals surface area (Å²) in [5.41, 5.74) is 2.84. The Morgan fingerprint density at radius 3 is 2.64 bits per heavy atom. The number of fused-ring (bicyclic) bond motifs is 3. The van der Waals surface area contributed by atoms with Gasteiger partial charge in [-0.05, 0) is 53.0 Å². The van der Waals surface area contributed by atoms with Gasteiger partial charge in [0, 0.05) is 15.0 Å². The number of pyridine rings is 1. The van der Waals surface area contributed by atoms with Crippen LogP contribution in [0.3, 0.4) is 0 Å². The fourth-order valence-electron chi connectivity index (χ4n) is 4.75. The summed E-state index contributed by atoms with van der Waals surface area (Å²) >= 11 is 1.58. The molecule has 1 aliphatic carbocycles. The van der Waals surface area contributed by atoms with E-state index in [9.17, 15) is 5.41 Å². The molecule has 0 spiro atoms. The molecule has 0 N–H and O–H groups in total. The molecule has 0 saturated heterocycles. The van der Waals surface area contributed by atoms with Crippen LogP contribution >= 0.6 is 11.3 Å². The molecule has 0 unspecified atom stereocenters. The summed E-state index contributed by atoms with van der Waals surface area (Å²) < 4.78 is 40.8. The van der Waals surface area contributed by atoms with Crippen LogP contribution in [0.15, 0.2) is 103 Å². The summed E-state index contributed by atoms with van der Waals surface area (Å²) in [6.07, 6.45) is 11.3. The van der Waals surface area contributed by atoms with Crippen LogP contribution in [0.4, 0.5) is 0 Å². The van der Waals surface area contributed by atoms with Crippen molar-refractivity contribution in [2.75, 3.05) is 0 Å². The number of rotatable bonds is 5. The van der Waals surface area contributed by atoms with E-state index in [-0.39, 0.29) is 49.2 Å². The molecule has 0 radical (unpaired) electrons. The van der Waals surface area contributed by atoms with E-state index in [1.54, 1.807) is 29.5 Å². The Bertz CT molecular complexity index is 1810. The van der Waals surface area contributed by atoms with Gasteiger partial charge in [-0.2, -0.15) is 16.9 Å². The number of benzene rings is 3. The van der Waals surface area contributed by atoms with Gasteiger partial charge in [-0.1, -0.05) is 73.2 Å². The van der Waals surface area contributed by atoms with Gasteiger partial charge in [-0.3, -0.25) is 0 Å². The number of hydrogen-bond donors (Lipinski definition) is 0. The van der Waals surface area contributed by atoms with E-state index < -0.39 is 6.85 Å². The fourth-order valence-corrected chi connectivity index (χ4v) is 5.95. The Morgan fingerprint density at radius 2 is 1.85 bits per heavy atom. The average Bonchev–Trinajstić information content (AvgIpc) is 3.41. The van der Waals surface area contributed by atoms with Gasteiger partial charge in [0.2, 0.25) is 0 Å². The minimum Gasteiger partial charge on any atom is -0.855 e. The molecule has 2 nitrogen and oxygen atoms in total. The molecular weight excluding hydrogens is 673 g/mol. The molecule has 0 bridgehead atoms. The molecule has 39 heavy (non-hydrogen) atoms. The van der Waals surface area contributed by atoms with Gasteiger partial charge >= 0.3 is 20.1 Å². The van der Waals surface area contributed by atoms with E-state index in [1.165, 1.54) is 38.3 Å². The largest absolute Gasteiger partial charge is 3.00 e. The third-order valence-electron chi connectivity index (χ3n) is 6.78. The molecule has 1 fully saturated rings. The molecule has 1 aliphatic rings. The Balaban J connectivity index is 0.000000207. The van der Waals surface area contributed by atoms with E-state index >= 15 is 0 Å². The van der Waals surface area contributed by atoms with E-state index in [2.05, 4.69) is 23.7 Å². The first-order valence-corrected chi connectivity index (χ1v) is 13.7. The quantitative estimate of drug-likeness (QED) is 0.102. The zero-order valence-corrected chi connectivity index (χ0v) is 24.7. The second-order valence-corrected chi connectivity index (χ2v) is 10.4. The average molecular weight is 709 g/mol. The second kappa shape index (κ2) is 13.8. The minimum atomic E-state index is -2.45. The summed E-state index contributed by atoms with van der Waals surface area (Å²) in [5.74, 6) is 0.600. The van der Waals surface area contributed by atoms with Crippen LogP contribution in [-0.4, -0.2) is 10.7 Å². The number of aryl methyl sites for hydroxylation is 1. The van der Waals surface area contributed by atoms with Gasteiger partial charge in [-0.15, -0.1) is 60.2 Å². The van der Waals surface area contributed by atoms with Crippen molar-refractivity contribution in [2.45, 2.75) is 39.0 Å². The summed E-state index contributed by atoms with van der Waals surface area (Å²) in [7, 11) is 0. The minimum absolute atomic E-state index is 0. The monoisotopic (exact) mass is 709 g/mol. The van der Waals surface area contributed by atoms with Crippen molar-refractivity contribution >= 4 is 37.2 Å². The van der Waals surface area contributed by atoms with E-state index in [4.69, 9.17) is 6.85 Å². The molecule has 196 valence electrons. The normalized spacial score (nSPS) is 15.7. The van der Waals surface area contributed by atoms with Crippen LogP contribution < -0.4 is 0 Å². The Labute approximate surface area is 256 Å². The van der Waals surface area contributed by atoms with Gasteiger partial charge in [0.15, 0.2) is 0 Å². The Kier molecular flexibility index (Phi) is 7.98. The number of aromatic nitrogens is 1. The fraction of sp³-hybridized carbons (Fsp3) is 0.200. The number of nitrogens with zero attached hydrogens (tertiary/aromatic N) is 2. The molecule has 0 amide bonds. The zero-order chi connectivity index (χ0) is 30.6. The van der Waals surface area contributed by atoms with Gasteiger partial charge in [0.25, 0.3) is 0 Å². The number of allylic oxidation sites excluding steroid dienone is 3. The van der Waals surface area contributed by atoms with Gasteiger partial charge in [0.1, 0.15) is 0 Å². The molecule has 6 rings (SSSR count). The maximum atomic E-state index is 9.93. The van der Waals surface area contributed by atoms with Crippen LogP contribution in [0.25, 0.3) is 36.8 Å². The van der Waals surface area contributed by atoms with Gasteiger partial charge in [-0.25, -0.2) is 5.71 Å². The molecular formula is C35H31IrN2S. The number of thiophene rings is 1. The first-order valence-electron chi connectivity index (χ1n) is 15.3. The smallest absolute Gasteiger partial charge is 0.855 e. The van der Waals surface area contributed by atoms with Crippen LogP contribution in [0.1, 0.15) is 50.1 Å². The van der Waals surface area contributed by atoms with Crippen molar-refractivity contribution in [1.82, 2.24) is 4.98 Å². The van der Waals surface area contributed by atoms with E-state index in [0.29, 0.717) is 11.5 Å². The first-order chi connectivity index (χ1) is 20.6. The molecule has 2 heterocycles. The van der Waals surface area contributed by atoms with Crippen molar-refractivity contribution in [1.29, 1.82) is 0 Å². The summed E-state index contributed by atoms with van der Waals surface area (Å²) in [5, 5.41) is 12.1. The van der Waals surface area contributed by atoms with Crippen molar-refractivity contribution in [2.24, 2.45) is 5.92 Å². The molecule has 3 aromatic carbocycles. The van der Waals surface area contributed by atoms with Crippen molar-refractivity contribution in [3.63, 3.8) is 0 Å². The second-order valence-electron chi connectivity index (χ2n) is 9.37. The van der Waals surface area contributed by atoms with Crippen LogP contribution in [0, 0.1) is 24.9 Å². The maximum absolute atomic E-state index is 9.93. The Morgan fingerprint density at radius 1 is 1.03 bits per heavy atom. The van der Waals surface area contributed by atoms with Crippen molar-refractivity contribution in [3.8, 4) is 11.3 Å². The maximum Gasteiger partial charge on any atom is 3.00 e. The summed E-state index contributed by atoms with van der Waals surface area (Å²) in [6.45, 7) is 1.67. The zero-order valence-electron chi connectivity index (χ0n) is 26.5. The molecule has 2 aromatic heterocycles. The van der Waals surface area contributed by atoms with Crippen molar-refractivity contribution in [3.05, 3.63) is 132 Å². The standard InChI is InChI=1S/C18H12NS.C17H19N.Ir/c1-12-9-10-16(19-11-12)15-7-4-6-14-13-5-2-3-8-17(13)20-18(14)15;1-14(15-8-4-2-5-9-15)12-13-17(18)16-10-6-3-7-11-16;/h2-6,8-11H,1H3;3,6-7,10,12-13,15H,1-2,4-5,8-9H2;/q-1;-2;+3/b;13-12-;/i1D3,9D,10D;;. The van der Waals surface area contributed by atoms with Gasteiger partial charge < -0.3 is 10.4 Å².